The molecule has 1 aliphatic heterocycles. The number of amides is 2. The van der Waals surface area contributed by atoms with Crippen molar-refractivity contribution in [1.82, 2.24) is 9.80 Å². The molecule has 2 unspecified atom stereocenters. The lowest BCUT2D eigenvalue weighted by atomic mass is 9.94. The molecule has 1 aromatic rings. The van der Waals surface area contributed by atoms with Gasteiger partial charge < -0.3 is 19.2 Å². The van der Waals surface area contributed by atoms with Gasteiger partial charge in [0.15, 0.2) is 8.32 Å². The minimum atomic E-state index is -2.17. The van der Waals surface area contributed by atoms with Crippen LogP contribution in [0.3, 0.4) is 0 Å². The first kappa shape index (κ1) is 25.8. The van der Waals surface area contributed by atoms with Crippen molar-refractivity contribution in [3.63, 3.8) is 0 Å². The summed E-state index contributed by atoms with van der Waals surface area (Å²) in [7, 11) is 1.16. The SMILES string of the molecule is CN(C)C(=O)C1c2c(CO)csc2C(O[Si](C)(C)C(C)(C)C)CN1C(=O)OC(C)(C)C. The Morgan fingerprint density at radius 1 is 1.23 bits per heavy atom. The maximum absolute atomic E-state index is 13.2. The Morgan fingerprint density at radius 3 is 2.26 bits per heavy atom. The largest absolute Gasteiger partial charge is 0.444 e. The number of hydrogen-bond acceptors (Lipinski definition) is 6. The third-order valence-corrected chi connectivity index (χ3v) is 11.5. The predicted octanol–water partition coefficient (Wildman–Crippen LogP) is 4.68. The number of likely N-dealkylation sites (N-methyl/N-ethyl adjacent to an activating group) is 1. The molecule has 0 radical (unpaired) electrons. The lowest BCUT2D eigenvalue weighted by molar-refractivity contribution is -0.135. The predicted molar refractivity (Wildman–Crippen MR) is 126 cm³/mol. The molecule has 2 atom stereocenters. The van der Waals surface area contributed by atoms with Crippen LogP contribution >= 0.6 is 11.3 Å². The zero-order chi connectivity index (χ0) is 23.9. The van der Waals surface area contributed by atoms with E-state index in [2.05, 4.69) is 33.9 Å². The van der Waals surface area contributed by atoms with Crippen molar-refractivity contribution in [1.29, 1.82) is 0 Å². The van der Waals surface area contributed by atoms with Crippen LogP contribution in [0.15, 0.2) is 5.38 Å². The molecule has 0 aliphatic carbocycles. The molecule has 2 amide bonds. The molecule has 2 heterocycles. The quantitative estimate of drug-likeness (QED) is 0.646. The average Bonchev–Trinajstić information content (AvgIpc) is 3.02. The molecule has 0 spiro atoms. The number of aliphatic hydroxyl groups is 1. The van der Waals surface area contributed by atoms with E-state index in [0.717, 1.165) is 4.88 Å². The summed E-state index contributed by atoms with van der Waals surface area (Å²) in [6.45, 7) is 16.3. The number of carbonyl (C=O) groups excluding carboxylic acids is 2. The van der Waals surface area contributed by atoms with Crippen molar-refractivity contribution in [2.24, 2.45) is 0 Å². The fourth-order valence-corrected chi connectivity index (χ4v) is 5.71. The van der Waals surface area contributed by atoms with E-state index in [1.165, 1.54) is 21.1 Å². The monoisotopic (exact) mass is 470 g/mol. The number of rotatable bonds is 4. The Morgan fingerprint density at radius 2 is 1.81 bits per heavy atom. The second-order valence-corrected chi connectivity index (χ2v) is 16.5. The molecule has 176 valence electrons. The van der Waals surface area contributed by atoms with Crippen LogP contribution in [0.5, 0.6) is 0 Å². The topological polar surface area (TPSA) is 79.3 Å². The van der Waals surface area contributed by atoms with Crippen LogP contribution < -0.4 is 0 Å². The van der Waals surface area contributed by atoms with Crippen molar-refractivity contribution in [2.75, 3.05) is 20.6 Å². The van der Waals surface area contributed by atoms with Crippen molar-refractivity contribution >= 4 is 31.7 Å². The third-order valence-electron chi connectivity index (χ3n) is 5.90. The zero-order valence-corrected chi connectivity index (χ0v) is 22.3. The summed E-state index contributed by atoms with van der Waals surface area (Å²) < 4.78 is 12.4. The molecule has 2 rings (SSSR count). The maximum atomic E-state index is 13.2. The van der Waals surface area contributed by atoms with E-state index in [1.807, 2.05) is 5.38 Å². The molecule has 1 aliphatic rings. The van der Waals surface area contributed by atoms with Crippen LogP contribution in [-0.4, -0.2) is 61.5 Å². The van der Waals surface area contributed by atoms with E-state index in [-0.39, 0.29) is 30.2 Å². The lowest BCUT2D eigenvalue weighted by Crippen LogP contribution is -2.52. The summed E-state index contributed by atoms with van der Waals surface area (Å²) in [5.74, 6) is -0.231. The van der Waals surface area contributed by atoms with E-state index in [1.54, 1.807) is 34.9 Å². The minimum Gasteiger partial charge on any atom is -0.444 e. The lowest BCUT2D eigenvalue weighted by Gasteiger charge is -2.44. The first-order valence-electron chi connectivity index (χ1n) is 10.6. The van der Waals surface area contributed by atoms with Gasteiger partial charge in [0.25, 0.3) is 0 Å². The van der Waals surface area contributed by atoms with Crippen LogP contribution in [-0.2, 0) is 20.6 Å². The standard InChI is InChI=1S/C22H38N2O5SSi/c1-21(2,3)28-20(27)24-11-15(29-31(9,10)22(4,5)6)18-16(14(12-25)13-30-18)17(24)19(26)23(7)8/h13,15,17,25H,11-12H2,1-10H3. The fourth-order valence-electron chi connectivity index (χ4n) is 3.25. The zero-order valence-electron chi connectivity index (χ0n) is 20.5. The van der Waals surface area contributed by atoms with Crippen molar-refractivity contribution < 1.29 is 23.9 Å². The molecule has 1 N–H and O–H groups in total. The molecule has 1 aromatic heterocycles. The molecule has 31 heavy (non-hydrogen) atoms. The van der Waals surface area contributed by atoms with Gasteiger partial charge in [-0.3, -0.25) is 9.69 Å². The number of ether oxygens (including phenoxy) is 1. The highest BCUT2D eigenvalue weighted by atomic mass is 32.1. The number of aliphatic hydroxyl groups excluding tert-OH is 1. The Hall–Kier alpha value is -1.42. The summed E-state index contributed by atoms with van der Waals surface area (Å²) in [4.78, 5) is 30.3. The van der Waals surface area contributed by atoms with E-state index in [9.17, 15) is 14.7 Å². The fraction of sp³-hybridized carbons (Fsp3) is 0.727. The third kappa shape index (κ3) is 5.50. The van der Waals surface area contributed by atoms with Crippen LogP contribution in [0, 0.1) is 0 Å². The number of fused-ring (bicyclic) bond motifs is 1. The van der Waals surface area contributed by atoms with Gasteiger partial charge in [-0.1, -0.05) is 20.8 Å². The van der Waals surface area contributed by atoms with Crippen LogP contribution in [0.25, 0.3) is 0 Å². The maximum Gasteiger partial charge on any atom is 0.411 e. The van der Waals surface area contributed by atoms with Gasteiger partial charge in [-0.05, 0) is 49.8 Å². The minimum absolute atomic E-state index is 0.0166. The summed E-state index contributed by atoms with van der Waals surface area (Å²) in [5.41, 5.74) is 0.622. The highest BCUT2D eigenvalue weighted by Gasteiger charge is 2.48. The first-order chi connectivity index (χ1) is 14.0. The Balaban J connectivity index is 2.61. The summed E-state index contributed by atoms with van der Waals surface area (Å²) in [6.07, 6.45) is -0.933. The highest BCUT2D eigenvalue weighted by Crippen LogP contribution is 2.47. The average molecular weight is 471 g/mol. The second-order valence-electron chi connectivity index (χ2n) is 10.8. The molecular weight excluding hydrogens is 432 g/mol. The van der Waals surface area contributed by atoms with E-state index in [4.69, 9.17) is 9.16 Å². The van der Waals surface area contributed by atoms with Gasteiger partial charge in [0.1, 0.15) is 11.6 Å². The molecule has 7 nitrogen and oxygen atoms in total. The smallest absolute Gasteiger partial charge is 0.411 e. The summed E-state index contributed by atoms with van der Waals surface area (Å²) in [6, 6.07) is -0.854. The van der Waals surface area contributed by atoms with Crippen molar-refractivity contribution in [3.8, 4) is 0 Å². The summed E-state index contributed by atoms with van der Waals surface area (Å²) >= 11 is 1.48. The van der Waals surface area contributed by atoms with Gasteiger partial charge in [-0.25, -0.2) is 4.79 Å². The van der Waals surface area contributed by atoms with Crippen LogP contribution in [0.4, 0.5) is 4.79 Å². The first-order valence-corrected chi connectivity index (χ1v) is 14.4. The van der Waals surface area contributed by atoms with Gasteiger partial charge in [-0.2, -0.15) is 0 Å². The molecule has 9 heteroatoms. The van der Waals surface area contributed by atoms with Crippen molar-refractivity contribution in [2.45, 2.75) is 84.0 Å². The Bertz CT molecular complexity index is 823. The van der Waals surface area contributed by atoms with E-state index >= 15 is 0 Å². The number of nitrogens with zero attached hydrogens (tertiary/aromatic N) is 2. The molecule has 0 aromatic carbocycles. The normalized spacial score (nSPS) is 19.8. The van der Waals surface area contributed by atoms with Gasteiger partial charge in [0.2, 0.25) is 5.91 Å². The van der Waals surface area contributed by atoms with E-state index in [0.29, 0.717) is 11.1 Å². The number of carbonyl (C=O) groups is 2. The summed E-state index contributed by atoms with van der Waals surface area (Å²) in [5, 5.41) is 11.8. The molecule has 0 saturated heterocycles. The number of thiophene rings is 1. The number of hydrogen-bond donors (Lipinski definition) is 1. The van der Waals surface area contributed by atoms with Crippen molar-refractivity contribution in [3.05, 3.63) is 21.4 Å². The molecular formula is C22H38N2O5SSi. The molecule has 0 fully saturated rings. The molecule has 0 bridgehead atoms. The van der Waals surface area contributed by atoms with Gasteiger partial charge in [0.05, 0.1) is 19.3 Å². The Kier molecular flexibility index (Phi) is 7.37. The van der Waals surface area contributed by atoms with E-state index < -0.39 is 26.1 Å². The highest BCUT2D eigenvalue weighted by molar-refractivity contribution is 7.10. The van der Waals surface area contributed by atoms with Gasteiger partial charge >= 0.3 is 6.09 Å². The second kappa shape index (κ2) is 8.84. The van der Waals surface area contributed by atoms with Crippen LogP contribution in [0.1, 0.15) is 69.7 Å². The van der Waals surface area contributed by atoms with Gasteiger partial charge in [-0.15, -0.1) is 11.3 Å². The van der Waals surface area contributed by atoms with Gasteiger partial charge in [0, 0.05) is 24.5 Å². The van der Waals surface area contributed by atoms with Crippen LogP contribution in [0.2, 0.25) is 18.1 Å². The Labute approximate surface area is 191 Å². The molecule has 0 saturated carbocycles.